The predicted octanol–water partition coefficient (Wildman–Crippen LogP) is 2.92. The number of halogens is 2. The first-order chi connectivity index (χ1) is 6.72. The molecule has 0 saturated carbocycles. The number of fused-ring (bicyclic) bond motifs is 1. The van der Waals surface area contributed by atoms with Crippen molar-refractivity contribution in [3.05, 3.63) is 33.5 Å². The van der Waals surface area contributed by atoms with Crippen LogP contribution in [0.15, 0.2) is 22.9 Å². The lowest BCUT2D eigenvalue weighted by molar-refractivity contribution is 1.25. The van der Waals surface area contributed by atoms with Gasteiger partial charge < -0.3 is 0 Å². The SMILES string of the molecule is N#Cc1cnc2nc(Br)ccc2c1Cl. The van der Waals surface area contributed by atoms with E-state index in [9.17, 15) is 0 Å². The van der Waals surface area contributed by atoms with Gasteiger partial charge in [0.2, 0.25) is 0 Å². The van der Waals surface area contributed by atoms with Gasteiger partial charge >= 0.3 is 0 Å². The number of aromatic nitrogens is 2. The summed E-state index contributed by atoms with van der Waals surface area (Å²) in [6.45, 7) is 0. The largest absolute Gasteiger partial charge is 0.235 e. The average molecular weight is 269 g/mol. The van der Waals surface area contributed by atoms with E-state index in [2.05, 4.69) is 25.9 Å². The smallest absolute Gasteiger partial charge is 0.161 e. The van der Waals surface area contributed by atoms with Gasteiger partial charge in [-0.1, -0.05) is 11.6 Å². The molecule has 0 bridgehead atoms. The fraction of sp³-hybridized carbons (Fsp3) is 0. The Hall–Kier alpha value is -1.18. The molecule has 0 radical (unpaired) electrons. The molecule has 0 fully saturated rings. The first-order valence-electron chi connectivity index (χ1n) is 3.73. The van der Waals surface area contributed by atoms with Crippen LogP contribution in [0.5, 0.6) is 0 Å². The number of pyridine rings is 2. The van der Waals surface area contributed by atoms with E-state index in [4.69, 9.17) is 16.9 Å². The molecule has 0 aliphatic rings. The number of hydrogen-bond donors (Lipinski definition) is 0. The van der Waals surface area contributed by atoms with Crippen LogP contribution in [0, 0.1) is 11.3 Å². The van der Waals surface area contributed by atoms with Crippen molar-refractivity contribution in [3.63, 3.8) is 0 Å². The molecule has 0 atom stereocenters. The lowest BCUT2D eigenvalue weighted by Gasteiger charge is -2.00. The number of nitrogens with zero attached hydrogens (tertiary/aromatic N) is 3. The molecule has 3 nitrogen and oxygen atoms in total. The summed E-state index contributed by atoms with van der Waals surface area (Å²) in [6, 6.07) is 5.51. The van der Waals surface area contributed by atoms with Gasteiger partial charge in [0.15, 0.2) is 5.65 Å². The Kier molecular flexibility index (Phi) is 2.36. The zero-order valence-electron chi connectivity index (χ0n) is 6.83. The quantitative estimate of drug-likeness (QED) is 0.690. The predicted molar refractivity (Wildman–Crippen MR) is 57.0 cm³/mol. The van der Waals surface area contributed by atoms with E-state index in [1.54, 1.807) is 12.1 Å². The van der Waals surface area contributed by atoms with Crippen LogP contribution >= 0.6 is 27.5 Å². The molecule has 0 aliphatic carbocycles. The molecule has 0 unspecified atom stereocenters. The molecule has 5 heteroatoms. The molecule has 0 saturated heterocycles. The van der Waals surface area contributed by atoms with Crippen LogP contribution in [0.25, 0.3) is 11.0 Å². The van der Waals surface area contributed by atoms with Gasteiger partial charge in [-0.05, 0) is 28.1 Å². The van der Waals surface area contributed by atoms with Gasteiger partial charge in [-0.15, -0.1) is 0 Å². The first-order valence-corrected chi connectivity index (χ1v) is 4.90. The van der Waals surface area contributed by atoms with Crippen molar-refractivity contribution in [1.82, 2.24) is 9.97 Å². The highest BCUT2D eigenvalue weighted by atomic mass is 79.9. The van der Waals surface area contributed by atoms with Gasteiger partial charge in [0, 0.05) is 11.6 Å². The van der Waals surface area contributed by atoms with Gasteiger partial charge in [0.25, 0.3) is 0 Å². The third kappa shape index (κ3) is 1.45. The fourth-order valence-corrected chi connectivity index (χ4v) is 1.64. The monoisotopic (exact) mass is 267 g/mol. The van der Waals surface area contributed by atoms with Gasteiger partial charge in [-0.2, -0.15) is 5.26 Å². The second-order valence-electron chi connectivity index (χ2n) is 2.60. The minimum Gasteiger partial charge on any atom is -0.235 e. The normalized spacial score (nSPS) is 10.1. The van der Waals surface area contributed by atoms with Crippen LogP contribution in [-0.2, 0) is 0 Å². The van der Waals surface area contributed by atoms with E-state index in [-0.39, 0.29) is 0 Å². The topological polar surface area (TPSA) is 49.6 Å². The molecule has 2 rings (SSSR count). The fourth-order valence-electron chi connectivity index (χ4n) is 1.10. The highest BCUT2D eigenvalue weighted by Gasteiger charge is 2.06. The maximum atomic E-state index is 8.73. The Morgan fingerprint density at radius 3 is 2.93 bits per heavy atom. The van der Waals surface area contributed by atoms with Gasteiger partial charge in [-0.25, -0.2) is 9.97 Å². The van der Waals surface area contributed by atoms with Crippen molar-refractivity contribution in [2.24, 2.45) is 0 Å². The van der Waals surface area contributed by atoms with E-state index in [0.29, 0.717) is 26.2 Å². The van der Waals surface area contributed by atoms with Crippen molar-refractivity contribution in [2.45, 2.75) is 0 Å². The van der Waals surface area contributed by atoms with Crippen molar-refractivity contribution in [1.29, 1.82) is 5.26 Å². The van der Waals surface area contributed by atoms with Crippen molar-refractivity contribution >= 4 is 38.6 Å². The maximum Gasteiger partial charge on any atom is 0.161 e. The van der Waals surface area contributed by atoms with E-state index >= 15 is 0 Å². The third-order valence-corrected chi connectivity index (χ3v) is 2.60. The van der Waals surface area contributed by atoms with Gasteiger partial charge in [0.05, 0.1) is 10.6 Å². The summed E-state index contributed by atoms with van der Waals surface area (Å²) in [4.78, 5) is 8.15. The van der Waals surface area contributed by atoms with Crippen molar-refractivity contribution in [2.75, 3.05) is 0 Å². The van der Waals surface area contributed by atoms with Crippen LogP contribution in [0.3, 0.4) is 0 Å². The summed E-state index contributed by atoms with van der Waals surface area (Å²) in [7, 11) is 0. The van der Waals surface area contributed by atoms with Crippen molar-refractivity contribution < 1.29 is 0 Å². The minimum atomic E-state index is 0.364. The molecule has 2 aromatic heterocycles. The standard InChI is InChI=1S/C9H3BrClN3/c10-7-2-1-6-8(11)5(3-12)4-13-9(6)14-7/h1-2,4H. The Balaban J connectivity index is 2.85. The Bertz CT molecular complexity index is 547. The number of hydrogen-bond acceptors (Lipinski definition) is 3. The lowest BCUT2D eigenvalue weighted by atomic mass is 10.2. The Morgan fingerprint density at radius 1 is 1.43 bits per heavy atom. The van der Waals surface area contributed by atoms with Crippen LogP contribution in [-0.4, -0.2) is 9.97 Å². The van der Waals surface area contributed by atoms with Crippen LogP contribution in [0.2, 0.25) is 5.02 Å². The van der Waals surface area contributed by atoms with Crippen LogP contribution < -0.4 is 0 Å². The minimum absolute atomic E-state index is 0.364. The summed E-state index contributed by atoms with van der Waals surface area (Å²) in [5.41, 5.74) is 0.895. The van der Waals surface area contributed by atoms with Crippen LogP contribution in [0.1, 0.15) is 5.56 Å². The molecule has 68 valence electrons. The third-order valence-electron chi connectivity index (χ3n) is 1.75. The Morgan fingerprint density at radius 2 is 2.21 bits per heavy atom. The van der Waals surface area contributed by atoms with E-state index in [0.717, 1.165) is 0 Å². The maximum absolute atomic E-state index is 8.73. The molecule has 0 N–H and O–H groups in total. The second kappa shape index (κ2) is 3.52. The van der Waals surface area contributed by atoms with Gasteiger partial charge in [0.1, 0.15) is 10.7 Å². The summed E-state index contributed by atoms with van der Waals surface area (Å²) >= 11 is 9.21. The molecule has 0 aliphatic heterocycles. The average Bonchev–Trinajstić information content (AvgIpc) is 2.18. The summed E-state index contributed by atoms with van der Waals surface area (Å²) < 4.78 is 0.693. The number of nitriles is 1. The summed E-state index contributed by atoms with van der Waals surface area (Å²) in [6.07, 6.45) is 1.42. The Labute approximate surface area is 93.5 Å². The highest BCUT2D eigenvalue weighted by Crippen LogP contribution is 2.25. The zero-order valence-corrected chi connectivity index (χ0v) is 9.17. The van der Waals surface area contributed by atoms with Crippen LogP contribution in [0.4, 0.5) is 0 Å². The molecule has 0 aromatic carbocycles. The molecular weight excluding hydrogens is 265 g/mol. The molecule has 0 spiro atoms. The number of rotatable bonds is 0. The van der Waals surface area contributed by atoms with E-state index < -0.39 is 0 Å². The molecule has 2 heterocycles. The molecular formula is C9H3BrClN3. The van der Waals surface area contributed by atoms with Gasteiger partial charge in [-0.3, -0.25) is 0 Å². The molecule has 0 amide bonds. The molecule has 2 aromatic rings. The van der Waals surface area contributed by atoms with Crippen molar-refractivity contribution in [3.8, 4) is 6.07 Å². The second-order valence-corrected chi connectivity index (χ2v) is 3.79. The first kappa shape index (κ1) is 9.38. The van der Waals surface area contributed by atoms with E-state index in [1.807, 2.05) is 6.07 Å². The zero-order chi connectivity index (χ0) is 10.1. The summed E-state index contributed by atoms with van der Waals surface area (Å²) in [5, 5.41) is 9.82. The molecule has 14 heavy (non-hydrogen) atoms. The lowest BCUT2D eigenvalue weighted by Crippen LogP contribution is -1.88. The highest BCUT2D eigenvalue weighted by molar-refractivity contribution is 9.10. The van der Waals surface area contributed by atoms with E-state index in [1.165, 1.54) is 6.20 Å². The summed E-state index contributed by atoms with van der Waals surface area (Å²) in [5.74, 6) is 0.